The quantitative estimate of drug-likeness (QED) is 0.682. The van der Waals surface area contributed by atoms with E-state index in [9.17, 15) is 14.0 Å². The van der Waals surface area contributed by atoms with E-state index in [0.29, 0.717) is 5.75 Å². The number of hydrogen-bond donors (Lipinski definition) is 2. The Balaban J connectivity index is 1.50. The minimum Gasteiger partial charge on any atom is -0.481 e. The van der Waals surface area contributed by atoms with Crippen LogP contribution in [-0.2, 0) is 16.0 Å². The van der Waals surface area contributed by atoms with Gasteiger partial charge in [-0.25, -0.2) is 4.39 Å². The Labute approximate surface area is 156 Å². The lowest BCUT2D eigenvalue weighted by molar-refractivity contribution is -0.132. The standard InChI is InChI=1S/C21H19FN2O3/c1-14(27-19-10-8-18(22)9-11-19)21(26)24-23-20(25)13-15-6-7-16-4-2-3-5-17(16)12-15/h2-12,14H,13H2,1H3,(H,23,25)(H,24,26)/t14-/m1/s1. The number of amides is 2. The minimum absolute atomic E-state index is 0.137. The fourth-order valence-corrected chi connectivity index (χ4v) is 2.58. The number of nitrogens with one attached hydrogen (secondary N) is 2. The number of fused-ring (bicyclic) bond motifs is 1. The topological polar surface area (TPSA) is 67.4 Å². The zero-order valence-electron chi connectivity index (χ0n) is 14.7. The van der Waals surface area contributed by atoms with E-state index in [-0.39, 0.29) is 18.1 Å². The third kappa shape index (κ3) is 5.04. The molecule has 0 saturated heterocycles. The number of hydrazine groups is 1. The van der Waals surface area contributed by atoms with E-state index in [0.717, 1.165) is 16.3 Å². The summed E-state index contributed by atoms with van der Waals surface area (Å²) < 4.78 is 18.3. The first-order valence-corrected chi connectivity index (χ1v) is 8.50. The second-order valence-corrected chi connectivity index (χ2v) is 6.11. The summed E-state index contributed by atoms with van der Waals surface area (Å²) in [6.07, 6.45) is -0.713. The second kappa shape index (κ2) is 8.31. The first kappa shape index (κ1) is 18.4. The van der Waals surface area contributed by atoms with Gasteiger partial charge in [-0.2, -0.15) is 0 Å². The minimum atomic E-state index is -0.851. The molecule has 0 saturated carbocycles. The van der Waals surface area contributed by atoms with Crippen molar-refractivity contribution in [2.75, 3.05) is 0 Å². The number of carbonyl (C=O) groups excluding carboxylic acids is 2. The van der Waals surface area contributed by atoms with Crippen LogP contribution in [0, 0.1) is 5.82 Å². The highest BCUT2D eigenvalue weighted by atomic mass is 19.1. The molecule has 0 unspecified atom stereocenters. The van der Waals surface area contributed by atoms with E-state index in [1.54, 1.807) is 0 Å². The Morgan fingerprint density at radius 1 is 0.963 bits per heavy atom. The van der Waals surface area contributed by atoms with Crippen LogP contribution in [-0.4, -0.2) is 17.9 Å². The average molecular weight is 366 g/mol. The van der Waals surface area contributed by atoms with Crippen LogP contribution in [0.4, 0.5) is 4.39 Å². The molecule has 0 aliphatic heterocycles. The zero-order valence-corrected chi connectivity index (χ0v) is 14.7. The molecule has 0 spiro atoms. The SMILES string of the molecule is C[C@@H](Oc1ccc(F)cc1)C(=O)NNC(=O)Cc1ccc2ccccc2c1. The summed E-state index contributed by atoms with van der Waals surface area (Å²) in [5.41, 5.74) is 5.55. The molecule has 2 N–H and O–H groups in total. The van der Waals surface area contributed by atoms with Gasteiger partial charge >= 0.3 is 0 Å². The third-order valence-corrected chi connectivity index (χ3v) is 4.00. The Morgan fingerprint density at radius 2 is 1.67 bits per heavy atom. The normalized spacial score (nSPS) is 11.6. The highest BCUT2D eigenvalue weighted by Crippen LogP contribution is 2.16. The molecule has 2 amide bonds. The van der Waals surface area contributed by atoms with Crippen LogP contribution in [0.2, 0.25) is 0 Å². The van der Waals surface area contributed by atoms with Gasteiger partial charge in [-0.1, -0.05) is 42.5 Å². The van der Waals surface area contributed by atoms with Crippen LogP contribution in [0.5, 0.6) is 5.75 Å². The van der Waals surface area contributed by atoms with E-state index in [1.165, 1.54) is 31.2 Å². The van der Waals surface area contributed by atoms with Crippen molar-refractivity contribution in [1.29, 1.82) is 0 Å². The van der Waals surface area contributed by atoms with Gasteiger partial charge in [0.2, 0.25) is 5.91 Å². The molecule has 0 radical (unpaired) electrons. The molecule has 0 aromatic heterocycles. The molecule has 138 valence electrons. The van der Waals surface area contributed by atoms with Crippen molar-refractivity contribution >= 4 is 22.6 Å². The van der Waals surface area contributed by atoms with E-state index in [4.69, 9.17) is 4.74 Å². The number of rotatable bonds is 5. The molecule has 27 heavy (non-hydrogen) atoms. The predicted octanol–water partition coefficient (Wildman–Crippen LogP) is 3.14. The third-order valence-electron chi connectivity index (χ3n) is 4.00. The van der Waals surface area contributed by atoms with Gasteiger partial charge in [0.25, 0.3) is 5.91 Å². The number of benzene rings is 3. The van der Waals surface area contributed by atoms with Crippen molar-refractivity contribution in [2.24, 2.45) is 0 Å². The summed E-state index contributed by atoms with van der Waals surface area (Å²) in [5, 5.41) is 2.15. The first-order chi connectivity index (χ1) is 13.0. The van der Waals surface area contributed by atoms with Crippen LogP contribution in [0.25, 0.3) is 10.8 Å². The maximum Gasteiger partial charge on any atom is 0.279 e. The molecule has 1 atom stereocenters. The Hall–Kier alpha value is -3.41. The van der Waals surface area contributed by atoms with E-state index >= 15 is 0 Å². The second-order valence-electron chi connectivity index (χ2n) is 6.11. The lowest BCUT2D eigenvalue weighted by Crippen LogP contribution is -2.47. The summed E-state index contributed by atoms with van der Waals surface area (Å²) in [4.78, 5) is 24.1. The number of carbonyl (C=O) groups is 2. The monoisotopic (exact) mass is 366 g/mol. The van der Waals surface area contributed by atoms with Gasteiger partial charge in [0, 0.05) is 0 Å². The Morgan fingerprint density at radius 3 is 2.41 bits per heavy atom. The predicted molar refractivity (Wildman–Crippen MR) is 100 cm³/mol. The smallest absolute Gasteiger partial charge is 0.279 e. The molecule has 3 aromatic carbocycles. The van der Waals surface area contributed by atoms with Crippen LogP contribution in [0.3, 0.4) is 0 Å². The van der Waals surface area contributed by atoms with Gasteiger partial charge in [-0.05, 0) is 47.5 Å². The van der Waals surface area contributed by atoms with Crippen LogP contribution in [0.15, 0.2) is 66.7 Å². The molecule has 0 heterocycles. The molecule has 3 rings (SSSR count). The lowest BCUT2D eigenvalue weighted by Gasteiger charge is -2.15. The molecule has 0 aliphatic carbocycles. The highest BCUT2D eigenvalue weighted by molar-refractivity contribution is 5.87. The number of ether oxygens (including phenoxy) is 1. The van der Waals surface area contributed by atoms with Gasteiger partial charge in [-0.3, -0.25) is 20.4 Å². The Bertz CT molecular complexity index is 957. The summed E-state index contributed by atoms with van der Waals surface area (Å²) in [5.74, 6) is -0.874. The van der Waals surface area contributed by atoms with E-state index < -0.39 is 12.0 Å². The fraction of sp³-hybridized carbons (Fsp3) is 0.143. The molecule has 0 fully saturated rings. The van der Waals surface area contributed by atoms with Crippen molar-refractivity contribution in [1.82, 2.24) is 10.9 Å². The number of halogens is 1. The maximum atomic E-state index is 12.9. The molecule has 6 heteroatoms. The Kier molecular flexibility index (Phi) is 5.66. The number of hydrogen-bond acceptors (Lipinski definition) is 3. The van der Waals surface area contributed by atoms with Crippen molar-refractivity contribution in [3.63, 3.8) is 0 Å². The van der Waals surface area contributed by atoms with Crippen LogP contribution >= 0.6 is 0 Å². The van der Waals surface area contributed by atoms with Gasteiger partial charge in [0.05, 0.1) is 6.42 Å². The molecule has 0 bridgehead atoms. The summed E-state index contributed by atoms with van der Waals surface area (Å²) in [6, 6.07) is 19.0. The van der Waals surface area contributed by atoms with Crippen LogP contribution < -0.4 is 15.6 Å². The van der Waals surface area contributed by atoms with Crippen molar-refractivity contribution in [2.45, 2.75) is 19.4 Å². The van der Waals surface area contributed by atoms with Gasteiger partial charge in [0.1, 0.15) is 11.6 Å². The van der Waals surface area contributed by atoms with E-state index in [1.807, 2.05) is 42.5 Å². The molecular formula is C21H19FN2O3. The lowest BCUT2D eigenvalue weighted by atomic mass is 10.1. The fourth-order valence-electron chi connectivity index (χ4n) is 2.58. The van der Waals surface area contributed by atoms with Crippen molar-refractivity contribution in [3.05, 3.63) is 78.1 Å². The van der Waals surface area contributed by atoms with Crippen molar-refractivity contribution < 1.29 is 18.7 Å². The molecular weight excluding hydrogens is 347 g/mol. The van der Waals surface area contributed by atoms with Gasteiger partial charge in [0.15, 0.2) is 6.10 Å². The molecule has 3 aromatic rings. The van der Waals surface area contributed by atoms with Gasteiger partial charge in [-0.15, -0.1) is 0 Å². The molecule has 5 nitrogen and oxygen atoms in total. The van der Waals surface area contributed by atoms with Gasteiger partial charge < -0.3 is 4.74 Å². The zero-order chi connectivity index (χ0) is 19.2. The maximum absolute atomic E-state index is 12.9. The van der Waals surface area contributed by atoms with E-state index in [2.05, 4.69) is 10.9 Å². The summed E-state index contributed by atoms with van der Waals surface area (Å²) in [6.45, 7) is 1.54. The van der Waals surface area contributed by atoms with Crippen LogP contribution in [0.1, 0.15) is 12.5 Å². The van der Waals surface area contributed by atoms with Crippen molar-refractivity contribution in [3.8, 4) is 5.75 Å². The summed E-state index contributed by atoms with van der Waals surface area (Å²) in [7, 11) is 0. The first-order valence-electron chi connectivity index (χ1n) is 8.50. The summed E-state index contributed by atoms with van der Waals surface area (Å²) >= 11 is 0. The average Bonchev–Trinajstić information content (AvgIpc) is 2.67. The highest BCUT2D eigenvalue weighted by Gasteiger charge is 2.15. The largest absolute Gasteiger partial charge is 0.481 e. The molecule has 0 aliphatic rings.